The van der Waals surface area contributed by atoms with Crippen molar-refractivity contribution in [3.63, 3.8) is 0 Å². The molecular weight excluding hydrogens is 583 g/mol. The first kappa shape index (κ1) is 30.1. The molecule has 3 heteroatoms. The molecule has 2 aliphatic heterocycles. The van der Waals surface area contributed by atoms with Crippen LogP contribution in [-0.2, 0) is 4.74 Å². The van der Waals surface area contributed by atoms with Gasteiger partial charge in [0, 0.05) is 17.0 Å². The molecule has 2 heterocycles. The van der Waals surface area contributed by atoms with E-state index in [9.17, 15) is 0 Å². The lowest BCUT2D eigenvalue weighted by Crippen LogP contribution is -2.47. The van der Waals surface area contributed by atoms with E-state index < -0.39 is 0 Å². The molecule has 3 unspecified atom stereocenters. The van der Waals surface area contributed by atoms with Crippen LogP contribution in [0.15, 0.2) is 186 Å². The van der Waals surface area contributed by atoms with E-state index in [0.717, 1.165) is 51.4 Å². The molecule has 2 nitrogen and oxygen atoms in total. The molecule has 8 rings (SSSR count). The van der Waals surface area contributed by atoms with Crippen molar-refractivity contribution < 1.29 is 9.47 Å². The molecule has 48 heavy (non-hydrogen) atoms. The summed E-state index contributed by atoms with van der Waals surface area (Å²) in [6.45, 7) is 11.1. The molecule has 0 saturated heterocycles. The van der Waals surface area contributed by atoms with Crippen LogP contribution in [0.25, 0.3) is 16.7 Å². The molecule has 0 amide bonds. The summed E-state index contributed by atoms with van der Waals surface area (Å²) in [5.41, 5.74) is 11.8. The maximum atomic E-state index is 7.21. The van der Waals surface area contributed by atoms with Gasteiger partial charge in [-0.25, -0.2) is 0 Å². The third-order valence-electron chi connectivity index (χ3n) is 10.4. The topological polar surface area (TPSA) is 18.5 Å². The Balaban J connectivity index is 1.41. The van der Waals surface area contributed by atoms with Crippen molar-refractivity contribution in [2.24, 2.45) is 11.8 Å². The monoisotopic (exact) mass is 622 g/mol. The Morgan fingerprint density at radius 2 is 1.50 bits per heavy atom. The van der Waals surface area contributed by atoms with Gasteiger partial charge in [0.25, 0.3) is 6.71 Å². The Morgan fingerprint density at radius 3 is 2.19 bits per heavy atom. The van der Waals surface area contributed by atoms with Crippen molar-refractivity contribution in [1.82, 2.24) is 0 Å². The van der Waals surface area contributed by atoms with E-state index in [0.29, 0.717) is 5.92 Å². The summed E-state index contributed by atoms with van der Waals surface area (Å²) >= 11 is 0. The van der Waals surface area contributed by atoms with E-state index in [1.54, 1.807) is 0 Å². The fourth-order valence-electron chi connectivity index (χ4n) is 8.10. The Labute approximate surface area is 284 Å². The highest BCUT2D eigenvalue weighted by Gasteiger charge is 2.49. The zero-order chi connectivity index (χ0) is 32.8. The first-order chi connectivity index (χ1) is 23.5. The van der Waals surface area contributed by atoms with Crippen LogP contribution >= 0.6 is 0 Å². The minimum absolute atomic E-state index is 0.00206. The van der Waals surface area contributed by atoms with E-state index in [1.165, 1.54) is 33.4 Å². The molecule has 0 N–H and O–H groups in total. The Morgan fingerprint density at radius 1 is 0.812 bits per heavy atom. The van der Waals surface area contributed by atoms with Crippen molar-refractivity contribution in [3.8, 4) is 16.9 Å². The average Bonchev–Trinajstić information content (AvgIpc) is 3.12. The molecule has 0 aromatic heterocycles. The van der Waals surface area contributed by atoms with Crippen LogP contribution in [0.2, 0.25) is 0 Å². The second kappa shape index (κ2) is 12.4. The number of hydrogen-bond acceptors (Lipinski definition) is 2. The number of benzene rings is 4. The van der Waals surface area contributed by atoms with Gasteiger partial charge in [0.2, 0.25) is 0 Å². The van der Waals surface area contributed by atoms with Crippen LogP contribution in [0.5, 0.6) is 5.75 Å². The van der Waals surface area contributed by atoms with Crippen molar-refractivity contribution in [1.29, 1.82) is 0 Å². The highest BCUT2D eigenvalue weighted by molar-refractivity contribution is 6.88. The molecule has 2 aliphatic carbocycles. The predicted molar refractivity (Wildman–Crippen MR) is 200 cm³/mol. The minimum atomic E-state index is -0.0936. The lowest BCUT2D eigenvalue weighted by Gasteiger charge is -2.44. The van der Waals surface area contributed by atoms with Crippen LogP contribution in [0.4, 0.5) is 0 Å². The van der Waals surface area contributed by atoms with Gasteiger partial charge in [-0.15, -0.1) is 0 Å². The minimum Gasteiger partial charge on any atom is -0.462 e. The number of hydrogen-bond donors (Lipinski definition) is 0. The van der Waals surface area contributed by atoms with Gasteiger partial charge in [-0.3, -0.25) is 0 Å². The average molecular weight is 623 g/mol. The Bertz CT molecular complexity index is 2090. The lowest BCUT2D eigenvalue weighted by atomic mass is 9.32. The summed E-state index contributed by atoms with van der Waals surface area (Å²) in [7, 11) is 0. The van der Waals surface area contributed by atoms with Gasteiger partial charge in [0.1, 0.15) is 23.0 Å². The Kier molecular flexibility index (Phi) is 7.77. The maximum Gasteiger partial charge on any atom is 0.260 e. The fourth-order valence-corrected chi connectivity index (χ4v) is 8.10. The molecule has 0 spiro atoms. The molecule has 0 saturated carbocycles. The normalized spacial score (nSPS) is 21.6. The van der Waals surface area contributed by atoms with Gasteiger partial charge in [0.05, 0.1) is 0 Å². The molecule has 4 aromatic carbocycles. The number of rotatable bonds is 6. The molecular formula is C45H39BO2. The quantitative estimate of drug-likeness (QED) is 0.199. The molecule has 4 aliphatic rings. The summed E-state index contributed by atoms with van der Waals surface area (Å²) in [5.74, 6) is 4.17. The maximum absolute atomic E-state index is 7.21. The van der Waals surface area contributed by atoms with Gasteiger partial charge in [-0.1, -0.05) is 148 Å². The van der Waals surface area contributed by atoms with Crippen molar-refractivity contribution in [3.05, 3.63) is 197 Å². The van der Waals surface area contributed by atoms with Gasteiger partial charge in [-0.05, 0) is 81.7 Å². The lowest BCUT2D eigenvalue weighted by molar-refractivity contribution is 0.260. The van der Waals surface area contributed by atoms with Crippen LogP contribution < -0.4 is 10.2 Å². The van der Waals surface area contributed by atoms with Crippen LogP contribution in [0.1, 0.15) is 44.2 Å². The van der Waals surface area contributed by atoms with E-state index in [2.05, 4.69) is 161 Å². The van der Waals surface area contributed by atoms with Crippen LogP contribution in [-0.4, -0.2) is 6.71 Å². The van der Waals surface area contributed by atoms with E-state index in [1.807, 2.05) is 6.08 Å². The summed E-state index contributed by atoms with van der Waals surface area (Å²) in [6.07, 6.45) is 12.0. The van der Waals surface area contributed by atoms with Gasteiger partial charge in [-0.2, -0.15) is 0 Å². The summed E-state index contributed by atoms with van der Waals surface area (Å²) < 4.78 is 14.3. The second-order valence-corrected chi connectivity index (χ2v) is 13.4. The summed E-state index contributed by atoms with van der Waals surface area (Å²) in [5, 5.41) is 0. The van der Waals surface area contributed by atoms with Crippen molar-refractivity contribution in [2.75, 3.05) is 0 Å². The van der Waals surface area contributed by atoms with Gasteiger partial charge in [0.15, 0.2) is 0 Å². The van der Waals surface area contributed by atoms with Gasteiger partial charge < -0.3 is 9.47 Å². The third-order valence-corrected chi connectivity index (χ3v) is 10.4. The highest BCUT2D eigenvalue weighted by Crippen LogP contribution is 2.54. The summed E-state index contributed by atoms with van der Waals surface area (Å²) in [4.78, 5) is 0. The predicted octanol–water partition coefficient (Wildman–Crippen LogP) is 10.6. The fraction of sp³-hybridized carbons (Fsp3) is 0.156. The SMILES string of the molecule is C=CC1=C(/C=C(\C)C2=CC=CCC2C)OC2=C3B1c1ccc(-c4ccccc4)cc1OC3=C(c1ccccc1)C(C)C2c1ccccc1. The van der Waals surface area contributed by atoms with Crippen LogP contribution in [0, 0.1) is 11.8 Å². The van der Waals surface area contributed by atoms with E-state index in [-0.39, 0.29) is 18.5 Å². The number of allylic oxidation sites excluding steroid dienone is 11. The first-order valence-corrected chi connectivity index (χ1v) is 17.1. The van der Waals surface area contributed by atoms with Gasteiger partial charge >= 0.3 is 0 Å². The van der Waals surface area contributed by atoms with E-state index in [4.69, 9.17) is 9.47 Å². The standard InChI is InChI=1S/C45H39BO2/c1-5-37-39(27-30(3)36-24-16-15-17-29(36)2)47-44-41(33-20-11-7-12-21-33)31(4)42(34-22-13-8-14-23-34)45-43(44)46(37)38-26-25-35(28-40(38)48-45)32-18-9-6-10-19-32/h5-16,18-29,31,41H,1,17H2,2-4H3/b30-27+. The first-order valence-electron chi connectivity index (χ1n) is 17.1. The molecule has 0 radical (unpaired) electrons. The largest absolute Gasteiger partial charge is 0.462 e. The van der Waals surface area contributed by atoms with E-state index >= 15 is 0 Å². The smallest absolute Gasteiger partial charge is 0.260 e. The molecule has 3 atom stereocenters. The second-order valence-electron chi connectivity index (χ2n) is 13.4. The highest BCUT2D eigenvalue weighted by atomic mass is 16.5. The zero-order valence-corrected chi connectivity index (χ0v) is 27.8. The van der Waals surface area contributed by atoms with Crippen molar-refractivity contribution in [2.45, 2.75) is 33.1 Å². The number of ether oxygens (including phenoxy) is 2. The molecule has 4 aromatic rings. The third kappa shape index (κ3) is 5.06. The summed E-state index contributed by atoms with van der Waals surface area (Å²) in [6, 6.07) is 38.8. The van der Waals surface area contributed by atoms with Crippen molar-refractivity contribution >= 4 is 17.7 Å². The number of fused-ring (bicyclic) bond motifs is 2. The molecule has 0 bridgehead atoms. The molecule has 0 fully saturated rings. The zero-order valence-electron chi connectivity index (χ0n) is 27.8. The van der Waals surface area contributed by atoms with Crippen LogP contribution in [0.3, 0.4) is 0 Å². The Hall–Kier alpha value is -5.28. The molecule has 234 valence electrons.